The number of benzene rings is 2. The van der Waals surface area contributed by atoms with Crippen LogP contribution in [-0.4, -0.2) is 30.9 Å². The van der Waals surface area contributed by atoms with E-state index >= 15 is 0 Å². The van der Waals surface area contributed by atoms with Crippen LogP contribution in [0, 0.1) is 0 Å². The molecule has 142 valence electrons. The Kier molecular flexibility index (Phi) is 7.45. The third-order valence-corrected chi connectivity index (χ3v) is 4.06. The maximum Gasteiger partial charge on any atom is 0.319 e. The molecule has 9 heteroatoms. The first-order valence-corrected chi connectivity index (χ1v) is 8.76. The highest BCUT2D eigenvalue weighted by molar-refractivity contribution is 6.42. The molecule has 4 N–H and O–H groups in total. The van der Waals surface area contributed by atoms with Gasteiger partial charge in [-0.2, -0.15) is 0 Å². The summed E-state index contributed by atoms with van der Waals surface area (Å²) in [7, 11) is 0. The minimum absolute atomic E-state index is 0.200. The number of rotatable bonds is 6. The molecule has 27 heavy (non-hydrogen) atoms. The molecule has 7 nitrogen and oxygen atoms in total. The molecule has 0 aliphatic carbocycles. The highest BCUT2D eigenvalue weighted by Crippen LogP contribution is 2.22. The molecule has 0 aliphatic heterocycles. The molecule has 0 spiro atoms. The summed E-state index contributed by atoms with van der Waals surface area (Å²) in [4.78, 5) is 34.9. The minimum Gasteiger partial charge on any atom is -0.350 e. The number of carbonyl (C=O) groups is 3. The van der Waals surface area contributed by atoms with Gasteiger partial charge < -0.3 is 21.3 Å². The van der Waals surface area contributed by atoms with Gasteiger partial charge in [0, 0.05) is 37.0 Å². The molecule has 0 bridgehead atoms. The maximum atomic E-state index is 12.0. The van der Waals surface area contributed by atoms with E-state index in [0.29, 0.717) is 27.0 Å². The Morgan fingerprint density at radius 2 is 1.52 bits per heavy atom. The standard InChI is InChI=1S/C18H18Cl2N4O3/c1-11(25)23-13-3-2-4-14(10-13)24-18(27)22-8-7-21-17(26)12-5-6-15(19)16(20)9-12/h2-6,9-10H,7-8H2,1H3,(H,21,26)(H,23,25)(H2,22,24,27). The van der Waals surface area contributed by atoms with Gasteiger partial charge >= 0.3 is 6.03 Å². The van der Waals surface area contributed by atoms with Gasteiger partial charge in [-0.3, -0.25) is 9.59 Å². The van der Waals surface area contributed by atoms with Crippen molar-refractivity contribution >= 4 is 52.4 Å². The van der Waals surface area contributed by atoms with Gasteiger partial charge in [0.2, 0.25) is 5.91 Å². The van der Waals surface area contributed by atoms with Crippen LogP contribution < -0.4 is 21.3 Å². The molecule has 0 saturated carbocycles. The zero-order chi connectivity index (χ0) is 19.8. The smallest absolute Gasteiger partial charge is 0.319 e. The fraction of sp³-hybridized carbons (Fsp3) is 0.167. The Labute approximate surface area is 166 Å². The van der Waals surface area contributed by atoms with Crippen LogP contribution in [0.1, 0.15) is 17.3 Å². The number of carbonyl (C=O) groups excluding carboxylic acids is 3. The second-order valence-electron chi connectivity index (χ2n) is 5.53. The number of amides is 4. The molecule has 0 atom stereocenters. The van der Waals surface area contributed by atoms with E-state index in [9.17, 15) is 14.4 Å². The van der Waals surface area contributed by atoms with Crippen molar-refractivity contribution in [2.75, 3.05) is 23.7 Å². The van der Waals surface area contributed by atoms with E-state index in [1.54, 1.807) is 36.4 Å². The number of anilines is 2. The molecule has 0 radical (unpaired) electrons. The van der Waals surface area contributed by atoms with Crippen LogP contribution >= 0.6 is 23.2 Å². The predicted molar refractivity (Wildman–Crippen MR) is 107 cm³/mol. The van der Waals surface area contributed by atoms with Gasteiger partial charge in [-0.1, -0.05) is 29.3 Å². The summed E-state index contributed by atoms with van der Waals surface area (Å²) < 4.78 is 0. The van der Waals surface area contributed by atoms with Gasteiger partial charge in [0.1, 0.15) is 0 Å². The van der Waals surface area contributed by atoms with Crippen molar-refractivity contribution in [3.05, 3.63) is 58.1 Å². The van der Waals surface area contributed by atoms with E-state index in [1.807, 2.05) is 0 Å². The molecule has 4 amide bonds. The van der Waals surface area contributed by atoms with E-state index in [2.05, 4.69) is 21.3 Å². The molecule has 2 rings (SSSR count). The zero-order valence-electron chi connectivity index (χ0n) is 14.4. The van der Waals surface area contributed by atoms with Crippen LogP contribution in [0.2, 0.25) is 10.0 Å². The van der Waals surface area contributed by atoms with Crippen molar-refractivity contribution < 1.29 is 14.4 Å². The Hall–Kier alpha value is -2.77. The number of hydrogen-bond acceptors (Lipinski definition) is 3. The normalized spacial score (nSPS) is 10.0. The molecule has 0 saturated heterocycles. The zero-order valence-corrected chi connectivity index (χ0v) is 15.9. The van der Waals surface area contributed by atoms with E-state index in [0.717, 1.165) is 0 Å². The van der Waals surface area contributed by atoms with Gasteiger partial charge in [-0.15, -0.1) is 0 Å². The second-order valence-corrected chi connectivity index (χ2v) is 6.34. The van der Waals surface area contributed by atoms with E-state index in [-0.39, 0.29) is 24.9 Å². The second kappa shape index (κ2) is 9.80. The molecule has 2 aromatic rings. The average Bonchev–Trinajstić information content (AvgIpc) is 2.60. The summed E-state index contributed by atoms with van der Waals surface area (Å²) in [6, 6.07) is 10.9. The largest absolute Gasteiger partial charge is 0.350 e. The number of urea groups is 1. The van der Waals surface area contributed by atoms with Crippen molar-refractivity contribution in [3.8, 4) is 0 Å². The number of halogens is 2. The van der Waals surface area contributed by atoms with Gasteiger partial charge in [0.15, 0.2) is 0 Å². The number of nitrogens with one attached hydrogen (secondary N) is 4. The molecule has 0 aromatic heterocycles. The lowest BCUT2D eigenvalue weighted by Crippen LogP contribution is -2.36. The van der Waals surface area contributed by atoms with Crippen molar-refractivity contribution in [2.24, 2.45) is 0 Å². The highest BCUT2D eigenvalue weighted by Gasteiger charge is 2.08. The maximum absolute atomic E-state index is 12.0. The number of hydrogen-bond donors (Lipinski definition) is 4. The van der Waals surface area contributed by atoms with E-state index in [4.69, 9.17) is 23.2 Å². The van der Waals surface area contributed by atoms with Crippen molar-refractivity contribution in [1.29, 1.82) is 0 Å². The minimum atomic E-state index is -0.432. The van der Waals surface area contributed by atoms with Gasteiger partial charge in [0.25, 0.3) is 5.91 Å². The Morgan fingerprint density at radius 1 is 0.852 bits per heavy atom. The molecule has 2 aromatic carbocycles. The van der Waals surface area contributed by atoms with Crippen molar-refractivity contribution in [3.63, 3.8) is 0 Å². The van der Waals surface area contributed by atoms with Crippen LogP contribution in [0.5, 0.6) is 0 Å². The first kappa shape index (κ1) is 20.5. The molecular formula is C18H18Cl2N4O3. The van der Waals surface area contributed by atoms with Crippen molar-refractivity contribution in [1.82, 2.24) is 10.6 Å². The molecule has 0 fully saturated rings. The quantitative estimate of drug-likeness (QED) is 0.550. The summed E-state index contributed by atoms with van der Waals surface area (Å²) in [5, 5.41) is 11.2. The lowest BCUT2D eigenvalue weighted by molar-refractivity contribution is -0.114. The Morgan fingerprint density at radius 3 is 2.19 bits per heavy atom. The molecule has 0 unspecified atom stereocenters. The van der Waals surface area contributed by atoms with Gasteiger partial charge in [-0.05, 0) is 36.4 Å². The predicted octanol–water partition coefficient (Wildman–Crippen LogP) is 3.50. The Bertz CT molecular complexity index is 858. The molecule has 0 heterocycles. The summed E-state index contributed by atoms with van der Waals surface area (Å²) >= 11 is 11.7. The summed E-state index contributed by atoms with van der Waals surface area (Å²) in [6.45, 7) is 1.86. The first-order valence-electron chi connectivity index (χ1n) is 8.01. The summed E-state index contributed by atoms with van der Waals surface area (Å²) in [5.74, 6) is -0.520. The van der Waals surface area contributed by atoms with E-state index in [1.165, 1.54) is 13.0 Å². The van der Waals surface area contributed by atoms with Crippen molar-refractivity contribution in [2.45, 2.75) is 6.92 Å². The summed E-state index contributed by atoms with van der Waals surface area (Å²) in [5.41, 5.74) is 1.48. The van der Waals surface area contributed by atoms with Gasteiger partial charge in [-0.25, -0.2) is 4.79 Å². The van der Waals surface area contributed by atoms with E-state index < -0.39 is 6.03 Å². The van der Waals surface area contributed by atoms with Crippen LogP contribution in [0.4, 0.5) is 16.2 Å². The Balaban J connectivity index is 1.75. The lowest BCUT2D eigenvalue weighted by atomic mass is 10.2. The third kappa shape index (κ3) is 6.80. The molecular weight excluding hydrogens is 391 g/mol. The molecule has 0 aliphatic rings. The fourth-order valence-electron chi connectivity index (χ4n) is 2.14. The first-order chi connectivity index (χ1) is 12.8. The van der Waals surface area contributed by atoms with Crippen LogP contribution in [0.3, 0.4) is 0 Å². The van der Waals surface area contributed by atoms with Crippen LogP contribution in [-0.2, 0) is 4.79 Å². The third-order valence-electron chi connectivity index (χ3n) is 3.32. The monoisotopic (exact) mass is 408 g/mol. The summed E-state index contributed by atoms with van der Waals surface area (Å²) in [6.07, 6.45) is 0. The topological polar surface area (TPSA) is 99.3 Å². The average molecular weight is 409 g/mol. The SMILES string of the molecule is CC(=O)Nc1cccc(NC(=O)NCCNC(=O)c2ccc(Cl)c(Cl)c2)c1. The fourth-order valence-corrected chi connectivity index (χ4v) is 2.44. The van der Waals surface area contributed by atoms with Gasteiger partial charge in [0.05, 0.1) is 10.0 Å². The highest BCUT2D eigenvalue weighted by atomic mass is 35.5. The lowest BCUT2D eigenvalue weighted by Gasteiger charge is -2.10. The van der Waals surface area contributed by atoms with Crippen LogP contribution in [0.15, 0.2) is 42.5 Å². The van der Waals surface area contributed by atoms with Crippen LogP contribution in [0.25, 0.3) is 0 Å².